The van der Waals surface area contributed by atoms with E-state index < -0.39 is 9.52 Å². The molecule has 4 heterocycles. The maximum atomic E-state index is 12.3. The van der Waals surface area contributed by atoms with Gasteiger partial charge in [-0.3, -0.25) is 23.8 Å². The molecule has 0 spiro atoms. The number of hydrogen-bond acceptors (Lipinski definition) is 5. The third-order valence-corrected chi connectivity index (χ3v) is 6.02. The van der Waals surface area contributed by atoms with Crippen molar-refractivity contribution in [3.05, 3.63) is 142 Å². The van der Waals surface area contributed by atoms with Gasteiger partial charge in [0.25, 0.3) is 0 Å². The van der Waals surface area contributed by atoms with Crippen molar-refractivity contribution in [1.82, 2.24) is 24.7 Å². The van der Waals surface area contributed by atoms with E-state index in [1.807, 2.05) is 65.3 Å². The van der Waals surface area contributed by atoms with Gasteiger partial charge in [-0.1, -0.05) is 43.0 Å². The summed E-state index contributed by atoms with van der Waals surface area (Å²) in [5.41, 5.74) is 5.23. The topological polar surface area (TPSA) is 73.6 Å². The normalized spacial score (nSPS) is 10.9. The summed E-state index contributed by atoms with van der Waals surface area (Å²) < 4.78 is 36.2. The molecule has 1 saturated carbocycles. The van der Waals surface area contributed by atoms with Crippen molar-refractivity contribution in [1.29, 1.82) is 0 Å². The number of rotatable bonds is 0. The van der Waals surface area contributed by atoms with Gasteiger partial charge in [0.1, 0.15) is 11.6 Å². The summed E-state index contributed by atoms with van der Waals surface area (Å²) in [6.07, 6.45) is 18.1. The Bertz CT molecular complexity index is 1560. The van der Waals surface area contributed by atoms with Gasteiger partial charge >= 0.3 is 0 Å². The largest absolute Gasteiger partial charge is 0.276 e. The minimum atomic E-state index is -1.67. The Morgan fingerprint density at radius 2 is 1.35 bits per heavy atom. The van der Waals surface area contributed by atoms with E-state index in [2.05, 4.69) is 32.8 Å². The van der Waals surface area contributed by atoms with Gasteiger partial charge in [0.2, 0.25) is 0 Å². The van der Waals surface area contributed by atoms with Crippen LogP contribution in [-0.2, 0) is 16.6 Å². The highest BCUT2D eigenvalue weighted by Crippen LogP contribution is 2.26. The van der Waals surface area contributed by atoms with Gasteiger partial charge in [0.15, 0.2) is 0 Å². The maximum absolute atomic E-state index is 12.3. The van der Waals surface area contributed by atoms with Crippen molar-refractivity contribution in [2.24, 2.45) is 13.0 Å². The van der Waals surface area contributed by atoms with Crippen LogP contribution in [0.4, 0.5) is 8.78 Å². The molecule has 0 saturated heterocycles. The number of nitrogens with zero attached hydrogens (tertiary/aromatic N) is 5. The second-order valence-electron chi connectivity index (χ2n) is 11.5. The molecule has 1 fully saturated rings. The van der Waals surface area contributed by atoms with Crippen LogP contribution in [0.5, 0.6) is 0 Å². The predicted octanol–water partition coefficient (Wildman–Crippen LogP) is 9.86. The van der Waals surface area contributed by atoms with E-state index in [0.717, 1.165) is 27.8 Å². The number of hydrogen-bond donors (Lipinski definition) is 0. The first-order chi connectivity index (χ1) is 22.3. The van der Waals surface area contributed by atoms with Crippen molar-refractivity contribution < 1.29 is 13.0 Å². The highest BCUT2D eigenvalue weighted by atomic mass is 35.5. The van der Waals surface area contributed by atoms with Crippen LogP contribution in [0.3, 0.4) is 0 Å². The van der Waals surface area contributed by atoms with Crippen LogP contribution < -0.4 is 0 Å². The van der Waals surface area contributed by atoms with E-state index in [9.17, 15) is 13.0 Å². The third kappa shape index (κ3) is 29.7. The SMILES string of the molecule is C=S(C)(C)=O.CC1CC1.Cc1cc(F)cc(Cl)c1.Cc1ccc(F)cn1.Cc1ccncc1.Cc1ccncc1Cl.Cc1cnn(C)c1. The molecular weight excluding hydrogens is 671 g/mol. The van der Waals surface area contributed by atoms with Gasteiger partial charge in [-0.25, -0.2) is 8.78 Å². The number of benzene rings is 1. The standard InChI is InChI=1S/C7H6ClF.C6H6ClN.C6H6FN.C6H7N.C5H8N2.C4H8.C3H8OS/c1-5-2-6(8)4-7(9)3-5;1-5-2-3-8-4-6(5)7;1-5-2-3-6(7)4-8-5;1-6-2-4-7-5-3-6;1-5-3-6-7(2)4-5;1-4-2-3-4;1-5(2,3)4/h2-4H,1H3;2*2-4H,1H3;2-5H,1H3;3-4H,1-2H3;4H,2-3H2,1H3;1H2,2-3H3. The number of aryl methyl sites for hydroxylation is 6. The lowest BCUT2D eigenvalue weighted by molar-refractivity contribution is 0.620. The molecule has 1 aromatic carbocycles. The quantitative estimate of drug-likeness (QED) is 0.149. The van der Waals surface area contributed by atoms with Crippen molar-refractivity contribution in [3.63, 3.8) is 0 Å². The Balaban J connectivity index is 0.000000543. The molecule has 6 rings (SSSR count). The monoisotopic (exact) mass is 719 g/mol. The van der Waals surface area contributed by atoms with Crippen LogP contribution in [0, 0.1) is 52.2 Å². The average molecular weight is 721 g/mol. The minimum Gasteiger partial charge on any atom is -0.276 e. The molecule has 48 heavy (non-hydrogen) atoms. The van der Waals surface area contributed by atoms with E-state index in [0.29, 0.717) is 5.02 Å². The fourth-order valence-corrected chi connectivity index (χ4v) is 3.12. The average Bonchev–Trinajstić information content (AvgIpc) is 3.68. The summed E-state index contributed by atoms with van der Waals surface area (Å²) in [7, 11) is 0.243. The summed E-state index contributed by atoms with van der Waals surface area (Å²) in [5.74, 6) is 3.82. The number of halogens is 4. The summed E-state index contributed by atoms with van der Waals surface area (Å²) in [5, 5.41) is 5.11. The number of aromatic nitrogens is 5. The molecule has 11 heteroatoms. The smallest absolute Gasteiger partial charge is 0.141 e. The molecule has 5 aromatic rings. The molecule has 262 valence electrons. The van der Waals surface area contributed by atoms with Crippen molar-refractivity contribution in [3.8, 4) is 0 Å². The van der Waals surface area contributed by atoms with Gasteiger partial charge in [0.05, 0.1) is 17.4 Å². The fraction of sp³-hybridized carbons (Fsp3) is 0.324. The van der Waals surface area contributed by atoms with Crippen LogP contribution in [-0.4, -0.2) is 47.3 Å². The summed E-state index contributed by atoms with van der Waals surface area (Å²) in [6, 6.07) is 13.3. The summed E-state index contributed by atoms with van der Waals surface area (Å²) in [4.78, 5) is 11.4. The van der Waals surface area contributed by atoms with Crippen LogP contribution in [0.25, 0.3) is 0 Å². The van der Waals surface area contributed by atoms with E-state index in [1.165, 1.54) is 48.4 Å². The van der Waals surface area contributed by atoms with E-state index in [-0.39, 0.29) is 11.6 Å². The van der Waals surface area contributed by atoms with E-state index in [1.54, 1.807) is 61.0 Å². The first-order valence-corrected chi connectivity index (χ1v) is 18.3. The zero-order valence-corrected chi connectivity index (χ0v) is 31.8. The van der Waals surface area contributed by atoms with Gasteiger partial charge < -0.3 is 0 Å². The molecule has 4 aromatic heterocycles. The Labute approximate surface area is 296 Å². The first-order valence-electron chi connectivity index (χ1n) is 15.0. The van der Waals surface area contributed by atoms with Crippen molar-refractivity contribution >= 4 is 38.6 Å². The molecule has 0 amide bonds. The molecule has 0 unspecified atom stereocenters. The van der Waals surface area contributed by atoms with Crippen LogP contribution in [0.15, 0.2) is 91.9 Å². The predicted molar refractivity (Wildman–Crippen MR) is 201 cm³/mol. The Hall–Kier alpha value is -3.66. The Morgan fingerprint density at radius 1 is 0.792 bits per heavy atom. The van der Waals surface area contributed by atoms with Gasteiger partial charge in [-0.15, -0.1) is 0 Å². The zero-order valence-electron chi connectivity index (χ0n) is 29.4. The lowest BCUT2D eigenvalue weighted by Gasteiger charge is -1.92. The molecule has 1 aliphatic carbocycles. The van der Waals surface area contributed by atoms with E-state index in [4.69, 9.17) is 23.2 Å². The van der Waals surface area contributed by atoms with Crippen molar-refractivity contribution in [2.45, 2.75) is 54.4 Å². The third-order valence-electron chi connectivity index (χ3n) is 5.40. The molecule has 6 nitrogen and oxygen atoms in total. The van der Waals surface area contributed by atoms with E-state index >= 15 is 0 Å². The number of pyridine rings is 3. The molecule has 0 N–H and O–H groups in total. The molecule has 0 bridgehead atoms. The molecule has 0 radical (unpaired) electrons. The minimum absolute atomic E-state index is 0.278. The Kier molecular flexibility index (Phi) is 22.6. The second-order valence-corrected chi connectivity index (χ2v) is 15.2. The van der Waals surface area contributed by atoms with Gasteiger partial charge in [0, 0.05) is 61.3 Å². The van der Waals surface area contributed by atoms with Crippen LogP contribution in [0.2, 0.25) is 10.0 Å². The van der Waals surface area contributed by atoms with Crippen molar-refractivity contribution in [2.75, 3.05) is 12.5 Å². The summed E-state index contributed by atoms with van der Waals surface area (Å²) >= 11 is 11.2. The molecular formula is C37H49Cl2F2N5OS. The molecule has 1 aliphatic rings. The first kappa shape index (κ1) is 44.3. The second kappa shape index (κ2) is 24.5. The lowest BCUT2D eigenvalue weighted by Crippen LogP contribution is -1.86. The van der Waals surface area contributed by atoms with Gasteiger partial charge in [-0.2, -0.15) is 5.10 Å². The maximum Gasteiger partial charge on any atom is 0.141 e. The highest BCUT2D eigenvalue weighted by molar-refractivity contribution is 7.98. The highest BCUT2D eigenvalue weighted by Gasteiger charge is 2.12. The molecule has 0 atom stereocenters. The van der Waals surface area contributed by atoms with Crippen LogP contribution in [0.1, 0.15) is 47.7 Å². The van der Waals surface area contributed by atoms with Crippen LogP contribution >= 0.6 is 23.2 Å². The zero-order chi connectivity index (χ0) is 36.7. The fourth-order valence-electron chi connectivity index (χ4n) is 2.72. The lowest BCUT2D eigenvalue weighted by atomic mass is 10.2. The Morgan fingerprint density at radius 3 is 1.62 bits per heavy atom. The van der Waals surface area contributed by atoms with Gasteiger partial charge in [-0.05, 0) is 127 Å². The summed E-state index contributed by atoms with van der Waals surface area (Å²) in [6.45, 7) is 11.9. The molecule has 0 aliphatic heterocycles.